The zero-order valence-corrected chi connectivity index (χ0v) is 21.0. The Kier molecular flexibility index (Phi) is 9.13. The highest BCUT2D eigenvalue weighted by Gasteiger charge is 2.22. The van der Waals surface area contributed by atoms with Gasteiger partial charge in [0.25, 0.3) is 0 Å². The lowest BCUT2D eigenvalue weighted by Crippen LogP contribution is -2.47. The van der Waals surface area contributed by atoms with Crippen LogP contribution in [0.5, 0.6) is 0 Å². The summed E-state index contributed by atoms with van der Waals surface area (Å²) >= 11 is 0. The summed E-state index contributed by atoms with van der Waals surface area (Å²) in [5.74, 6) is 2.89. The second-order valence-corrected chi connectivity index (χ2v) is 8.16. The molecule has 1 aromatic carbocycles. The van der Waals surface area contributed by atoms with Gasteiger partial charge in [-0.3, -0.25) is 4.99 Å². The van der Waals surface area contributed by atoms with Crippen LogP contribution in [0.15, 0.2) is 29.3 Å². The van der Waals surface area contributed by atoms with Gasteiger partial charge in [-0.2, -0.15) is 5.10 Å². The van der Waals surface area contributed by atoms with Gasteiger partial charge in [0.2, 0.25) is 0 Å². The van der Waals surface area contributed by atoms with E-state index in [0.717, 1.165) is 69.4 Å². The fraction of sp³-hybridized carbons (Fsp3) is 0.609. The number of aliphatic imine (C=N–C) groups is 1. The fourth-order valence-electron chi connectivity index (χ4n) is 4.40. The van der Waals surface area contributed by atoms with E-state index < -0.39 is 0 Å². The number of benzene rings is 1. The van der Waals surface area contributed by atoms with Crippen LogP contribution in [0.3, 0.4) is 0 Å². The van der Waals surface area contributed by atoms with Gasteiger partial charge in [0.15, 0.2) is 11.8 Å². The predicted molar refractivity (Wildman–Crippen MR) is 134 cm³/mol. The van der Waals surface area contributed by atoms with Gasteiger partial charge in [0, 0.05) is 39.1 Å². The first kappa shape index (κ1) is 24.0. The Morgan fingerprint density at radius 3 is 2.97 bits per heavy atom. The standard InChI is InChI=1S/C23H34N6O.HI/c1-3-21-27-22-13-12-18(16-29(22)28-21)26-23(24-2)25-14-7-15-30-20-11-6-9-17-8-4-5-10-19(17)20;/h4-5,8,10,18,20H,3,6-7,9,11-16H2,1-2H3,(H2,24,25,26);1H. The van der Waals surface area contributed by atoms with Crippen LogP contribution in [0, 0.1) is 0 Å². The molecule has 0 fully saturated rings. The van der Waals surface area contributed by atoms with E-state index in [4.69, 9.17) is 4.74 Å². The smallest absolute Gasteiger partial charge is 0.191 e. The number of rotatable bonds is 7. The van der Waals surface area contributed by atoms with Crippen LogP contribution in [-0.2, 0) is 30.5 Å². The van der Waals surface area contributed by atoms with E-state index in [1.165, 1.54) is 24.0 Å². The summed E-state index contributed by atoms with van der Waals surface area (Å²) in [6.07, 6.45) is 7.61. The Labute approximate surface area is 202 Å². The Morgan fingerprint density at radius 2 is 2.13 bits per heavy atom. The van der Waals surface area contributed by atoms with Crippen molar-refractivity contribution in [1.82, 2.24) is 25.4 Å². The largest absolute Gasteiger partial charge is 0.373 e. The number of hydrogen-bond donors (Lipinski definition) is 2. The second-order valence-electron chi connectivity index (χ2n) is 8.16. The molecule has 1 aliphatic heterocycles. The number of ether oxygens (including phenoxy) is 1. The van der Waals surface area contributed by atoms with Crippen molar-refractivity contribution in [2.24, 2.45) is 4.99 Å². The third-order valence-corrected chi connectivity index (χ3v) is 6.03. The van der Waals surface area contributed by atoms with E-state index in [9.17, 15) is 0 Å². The number of halogens is 1. The summed E-state index contributed by atoms with van der Waals surface area (Å²) in [5.41, 5.74) is 2.83. The molecule has 0 amide bonds. The summed E-state index contributed by atoms with van der Waals surface area (Å²) in [6, 6.07) is 9.03. The van der Waals surface area contributed by atoms with Gasteiger partial charge in [0.05, 0.1) is 12.6 Å². The first-order valence-electron chi connectivity index (χ1n) is 11.4. The van der Waals surface area contributed by atoms with Crippen molar-refractivity contribution in [2.45, 2.75) is 70.6 Å². The van der Waals surface area contributed by atoms with Crippen molar-refractivity contribution in [2.75, 3.05) is 20.2 Å². The van der Waals surface area contributed by atoms with Crippen LogP contribution in [0.25, 0.3) is 0 Å². The Balaban J connectivity index is 0.00000272. The molecule has 2 aromatic rings. The van der Waals surface area contributed by atoms with E-state index >= 15 is 0 Å². The number of guanidine groups is 1. The van der Waals surface area contributed by atoms with Crippen LogP contribution < -0.4 is 10.6 Å². The van der Waals surface area contributed by atoms with Gasteiger partial charge < -0.3 is 15.4 Å². The Bertz CT molecular complexity index is 868. The molecule has 31 heavy (non-hydrogen) atoms. The highest BCUT2D eigenvalue weighted by Crippen LogP contribution is 2.32. The van der Waals surface area contributed by atoms with Crippen LogP contribution in [0.1, 0.15) is 61.5 Å². The van der Waals surface area contributed by atoms with Crippen molar-refractivity contribution >= 4 is 29.9 Å². The molecule has 0 spiro atoms. The van der Waals surface area contributed by atoms with Crippen molar-refractivity contribution in [3.8, 4) is 0 Å². The third kappa shape index (κ3) is 6.19. The van der Waals surface area contributed by atoms with E-state index in [2.05, 4.69) is 56.9 Å². The summed E-state index contributed by atoms with van der Waals surface area (Å²) in [4.78, 5) is 8.98. The van der Waals surface area contributed by atoms with Crippen molar-refractivity contribution in [3.05, 3.63) is 47.0 Å². The molecule has 170 valence electrons. The van der Waals surface area contributed by atoms with Gasteiger partial charge in [-0.1, -0.05) is 31.2 Å². The fourth-order valence-corrected chi connectivity index (χ4v) is 4.40. The molecule has 0 bridgehead atoms. The number of fused-ring (bicyclic) bond motifs is 2. The molecule has 2 unspecified atom stereocenters. The summed E-state index contributed by atoms with van der Waals surface area (Å²) in [5, 5.41) is 11.6. The molecule has 4 rings (SSSR count). The lowest BCUT2D eigenvalue weighted by molar-refractivity contribution is 0.0398. The van der Waals surface area contributed by atoms with Crippen LogP contribution in [0.4, 0.5) is 0 Å². The number of nitrogens with zero attached hydrogens (tertiary/aromatic N) is 4. The molecule has 0 radical (unpaired) electrons. The van der Waals surface area contributed by atoms with Crippen LogP contribution >= 0.6 is 24.0 Å². The molecular formula is C23H35IN6O. The quantitative estimate of drug-likeness (QED) is 0.245. The van der Waals surface area contributed by atoms with E-state index in [0.29, 0.717) is 6.04 Å². The second kappa shape index (κ2) is 11.8. The first-order valence-corrected chi connectivity index (χ1v) is 11.4. The molecule has 2 atom stereocenters. The highest BCUT2D eigenvalue weighted by molar-refractivity contribution is 14.0. The molecule has 2 N–H and O–H groups in total. The third-order valence-electron chi connectivity index (χ3n) is 6.03. The maximum absolute atomic E-state index is 6.21. The average molecular weight is 538 g/mol. The normalized spacial score (nSPS) is 20.4. The summed E-state index contributed by atoms with van der Waals surface area (Å²) in [7, 11) is 1.82. The molecule has 2 aliphatic rings. The number of hydrogen-bond acceptors (Lipinski definition) is 4. The van der Waals surface area contributed by atoms with Gasteiger partial charge >= 0.3 is 0 Å². The molecule has 1 aromatic heterocycles. The minimum Gasteiger partial charge on any atom is -0.373 e. The maximum atomic E-state index is 6.21. The maximum Gasteiger partial charge on any atom is 0.191 e. The van der Waals surface area contributed by atoms with Gasteiger partial charge in [-0.25, -0.2) is 9.67 Å². The Hall–Kier alpha value is -1.68. The van der Waals surface area contributed by atoms with Gasteiger partial charge in [-0.15, -0.1) is 24.0 Å². The Morgan fingerprint density at radius 1 is 1.26 bits per heavy atom. The topological polar surface area (TPSA) is 76.4 Å². The van der Waals surface area contributed by atoms with E-state index in [1.807, 2.05) is 11.7 Å². The number of aryl methyl sites for hydroxylation is 3. The van der Waals surface area contributed by atoms with Crippen LogP contribution in [0.2, 0.25) is 0 Å². The summed E-state index contributed by atoms with van der Waals surface area (Å²) in [6.45, 7) is 4.54. The lowest BCUT2D eigenvalue weighted by atomic mass is 9.89. The molecule has 8 heteroatoms. The molecule has 7 nitrogen and oxygen atoms in total. The number of nitrogens with one attached hydrogen (secondary N) is 2. The average Bonchev–Trinajstić information content (AvgIpc) is 3.20. The van der Waals surface area contributed by atoms with E-state index in [-0.39, 0.29) is 30.1 Å². The summed E-state index contributed by atoms with van der Waals surface area (Å²) < 4.78 is 8.25. The molecule has 2 heterocycles. The SMILES string of the molecule is CCc1nc2n(n1)CC(NC(=NC)NCCCOC1CCCc3ccccc31)CC2.I. The monoisotopic (exact) mass is 538 g/mol. The van der Waals surface area contributed by atoms with Crippen LogP contribution in [-0.4, -0.2) is 47.0 Å². The molecular weight excluding hydrogens is 503 g/mol. The number of aromatic nitrogens is 3. The van der Waals surface area contributed by atoms with E-state index in [1.54, 1.807) is 0 Å². The zero-order valence-electron chi connectivity index (χ0n) is 18.6. The lowest BCUT2D eigenvalue weighted by Gasteiger charge is -2.26. The van der Waals surface area contributed by atoms with Crippen molar-refractivity contribution in [1.29, 1.82) is 0 Å². The van der Waals surface area contributed by atoms with Gasteiger partial charge in [-0.05, 0) is 43.2 Å². The minimum absolute atomic E-state index is 0. The predicted octanol–water partition coefficient (Wildman–Crippen LogP) is 3.42. The molecule has 1 aliphatic carbocycles. The van der Waals surface area contributed by atoms with Gasteiger partial charge in [0.1, 0.15) is 5.82 Å². The van der Waals surface area contributed by atoms with Crippen molar-refractivity contribution in [3.63, 3.8) is 0 Å². The molecule has 0 saturated heterocycles. The zero-order chi connectivity index (χ0) is 20.8. The van der Waals surface area contributed by atoms with Crippen molar-refractivity contribution < 1.29 is 4.74 Å². The highest BCUT2D eigenvalue weighted by atomic mass is 127. The minimum atomic E-state index is 0. The first-order chi connectivity index (χ1) is 14.8. The molecule has 0 saturated carbocycles.